The third-order valence-corrected chi connectivity index (χ3v) is 2.21. The highest BCUT2D eigenvalue weighted by Gasteiger charge is 2.09. The molecule has 0 spiro atoms. The molecule has 0 amide bonds. The van der Waals surface area contributed by atoms with Gasteiger partial charge in [-0.25, -0.2) is 4.98 Å². The second-order valence-electron chi connectivity index (χ2n) is 3.05. The number of hydrogen-bond acceptors (Lipinski definition) is 3. The minimum Gasteiger partial charge on any atom is -0.334 e. The Bertz CT molecular complexity index is 464. The van der Waals surface area contributed by atoms with Gasteiger partial charge in [-0.1, -0.05) is 11.6 Å². The zero-order chi connectivity index (χ0) is 10.1. The van der Waals surface area contributed by atoms with Crippen LogP contribution in [0.15, 0.2) is 18.5 Å². The minimum atomic E-state index is 0.380. The van der Waals surface area contributed by atoms with Gasteiger partial charge in [0.2, 0.25) is 0 Å². The highest BCUT2D eigenvalue weighted by Crippen LogP contribution is 2.23. The van der Waals surface area contributed by atoms with Crippen LogP contribution in [0.25, 0.3) is 11.4 Å². The molecule has 0 aromatic carbocycles. The average Bonchev–Trinajstić information content (AvgIpc) is 2.56. The van der Waals surface area contributed by atoms with Crippen molar-refractivity contribution in [3.05, 3.63) is 29.3 Å². The summed E-state index contributed by atoms with van der Waals surface area (Å²) in [4.78, 5) is 4.20. The van der Waals surface area contributed by atoms with Crippen molar-refractivity contribution in [1.29, 1.82) is 0 Å². The minimum absolute atomic E-state index is 0.380. The molecule has 72 valence electrons. The summed E-state index contributed by atoms with van der Waals surface area (Å²) in [7, 11) is 1.91. The Morgan fingerprint density at radius 1 is 1.36 bits per heavy atom. The third-order valence-electron chi connectivity index (χ3n) is 1.93. The first-order chi connectivity index (χ1) is 6.68. The molecule has 0 aliphatic rings. The summed E-state index contributed by atoms with van der Waals surface area (Å²) in [5.41, 5.74) is 1.64. The van der Waals surface area contributed by atoms with Gasteiger partial charge in [-0.3, -0.25) is 0 Å². The van der Waals surface area contributed by atoms with Crippen molar-refractivity contribution in [3.8, 4) is 11.4 Å². The van der Waals surface area contributed by atoms with Gasteiger partial charge in [0.05, 0.1) is 11.3 Å². The van der Waals surface area contributed by atoms with Gasteiger partial charge in [0.25, 0.3) is 0 Å². The predicted octanol–water partition coefficient (Wildman–Crippen LogP) is 1.84. The van der Waals surface area contributed by atoms with Crippen LogP contribution >= 0.6 is 11.6 Å². The van der Waals surface area contributed by atoms with Crippen molar-refractivity contribution in [3.63, 3.8) is 0 Å². The molecule has 14 heavy (non-hydrogen) atoms. The lowest BCUT2D eigenvalue weighted by molar-refractivity contribution is 0.913. The lowest BCUT2D eigenvalue weighted by Crippen LogP contribution is -1.96. The van der Waals surface area contributed by atoms with Gasteiger partial charge in [0, 0.05) is 19.4 Å². The zero-order valence-electron chi connectivity index (χ0n) is 7.90. The van der Waals surface area contributed by atoms with Crippen LogP contribution in [0.4, 0.5) is 0 Å². The summed E-state index contributed by atoms with van der Waals surface area (Å²) >= 11 is 5.93. The van der Waals surface area contributed by atoms with Crippen molar-refractivity contribution in [2.75, 3.05) is 0 Å². The van der Waals surface area contributed by atoms with E-state index in [9.17, 15) is 0 Å². The maximum atomic E-state index is 5.93. The molecule has 0 aliphatic carbocycles. The molecule has 2 heterocycles. The predicted molar refractivity (Wildman–Crippen MR) is 54.0 cm³/mol. The molecule has 0 radical (unpaired) electrons. The molecule has 0 bridgehead atoms. The second-order valence-corrected chi connectivity index (χ2v) is 3.41. The fourth-order valence-electron chi connectivity index (χ4n) is 1.26. The maximum Gasteiger partial charge on any atom is 0.162 e. The van der Waals surface area contributed by atoms with Gasteiger partial charge in [0.1, 0.15) is 5.82 Å². The average molecular weight is 209 g/mol. The Morgan fingerprint density at radius 2 is 2.14 bits per heavy atom. The normalized spacial score (nSPS) is 10.5. The molecule has 2 aromatic heterocycles. The number of aromatic nitrogens is 4. The summed E-state index contributed by atoms with van der Waals surface area (Å²) < 4.78 is 1.89. The van der Waals surface area contributed by atoms with Crippen LogP contribution in [0.3, 0.4) is 0 Å². The standard InChI is InChI=1S/C9H9ClN4/c1-6-5-7(8(10)13-12-6)9-11-3-4-14(9)2/h3-5H,1-2H3. The van der Waals surface area contributed by atoms with E-state index in [-0.39, 0.29) is 0 Å². The van der Waals surface area contributed by atoms with E-state index in [2.05, 4.69) is 15.2 Å². The molecule has 0 saturated heterocycles. The highest BCUT2D eigenvalue weighted by atomic mass is 35.5. The Kier molecular flexibility index (Phi) is 2.21. The van der Waals surface area contributed by atoms with Crippen LogP contribution in [-0.2, 0) is 7.05 Å². The molecule has 0 fully saturated rings. The monoisotopic (exact) mass is 208 g/mol. The molecule has 2 rings (SSSR count). The Balaban J connectivity index is 2.62. The first-order valence-corrected chi connectivity index (χ1v) is 4.54. The number of hydrogen-bond donors (Lipinski definition) is 0. The maximum absolute atomic E-state index is 5.93. The summed E-state index contributed by atoms with van der Waals surface area (Å²) in [6, 6.07) is 1.87. The van der Waals surface area contributed by atoms with Gasteiger partial charge in [-0.05, 0) is 13.0 Å². The third kappa shape index (κ3) is 1.48. The molecular formula is C9H9ClN4. The second kappa shape index (κ2) is 3.38. The molecule has 0 saturated carbocycles. The first kappa shape index (κ1) is 9.15. The fraction of sp³-hybridized carbons (Fsp3) is 0.222. The van der Waals surface area contributed by atoms with Crippen molar-refractivity contribution in [2.24, 2.45) is 7.05 Å². The van der Waals surface area contributed by atoms with Crippen molar-refractivity contribution in [1.82, 2.24) is 19.7 Å². The van der Waals surface area contributed by atoms with Crippen LogP contribution in [0.1, 0.15) is 5.69 Å². The van der Waals surface area contributed by atoms with Crippen LogP contribution < -0.4 is 0 Å². The van der Waals surface area contributed by atoms with E-state index in [0.717, 1.165) is 17.1 Å². The Labute approximate surface area is 86.6 Å². The first-order valence-electron chi connectivity index (χ1n) is 4.16. The van der Waals surface area contributed by atoms with E-state index in [1.54, 1.807) is 6.20 Å². The van der Waals surface area contributed by atoms with Gasteiger partial charge in [-0.15, -0.1) is 5.10 Å². The number of aryl methyl sites for hydroxylation is 2. The van der Waals surface area contributed by atoms with E-state index in [0.29, 0.717) is 5.15 Å². The van der Waals surface area contributed by atoms with Crippen molar-refractivity contribution < 1.29 is 0 Å². The Hall–Kier alpha value is -1.42. The van der Waals surface area contributed by atoms with Gasteiger partial charge >= 0.3 is 0 Å². The topological polar surface area (TPSA) is 43.6 Å². The molecule has 5 heteroatoms. The number of nitrogens with zero attached hydrogens (tertiary/aromatic N) is 4. The molecule has 4 nitrogen and oxygen atoms in total. The molecular weight excluding hydrogens is 200 g/mol. The Morgan fingerprint density at radius 3 is 2.79 bits per heavy atom. The lowest BCUT2D eigenvalue weighted by atomic mass is 10.2. The van der Waals surface area contributed by atoms with E-state index < -0.39 is 0 Å². The van der Waals surface area contributed by atoms with Crippen LogP contribution in [0.5, 0.6) is 0 Å². The molecule has 0 unspecified atom stereocenters. The van der Waals surface area contributed by atoms with E-state index in [4.69, 9.17) is 11.6 Å². The highest BCUT2D eigenvalue weighted by molar-refractivity contribution is 6.31. The van der Waals surface area contributed by atoms with Crippen molar-refractivity contribution in [2.45, 2.75) is 6.92 Å². The largest absolute Gasteiger partial charge is 0.334 e. The summed E-state index contributed by atoms with van der Waals surface area (Å²) in [5.74, 6) is 0.799. The SMILES string of the molecule is Cc1cc(-c2nccn2C)c(Cl)nn1. The van der Waals surface area contributed by atoms with Gasteiger partial charge in [0.15, 0.2) is 5.15 Å². The van der Waals surface area contributed by atoms with E-state index in [1.165, 1.54) is 0 Å². The van der Waals surface area contributed by atoms with Gasteiger partial charge < -0.3 is 4.57 Å². The van der Waals surface area contributed by atoms with Crippen molar-refractivity contribution >= 4 is 11.6 Å². The van der Waals surface area contributed by atoms with Crippen LogP contribution in [-0.4, -0.2) is 19.7 Å². The molecule has 2 aromatic rings. The lowest BCUT2D eigenvalue weighted by Gasteiger charge is -2.03. The molecule has 0 N–H and O–H groups in total. The van der Waals surface area contributed by atoms with Crippen LogP contribution in [0, 0.1) is 6.92 Å². The number of halogens is 1. The van der Waals surface area contributed by atoms with Gasteiger partial charge in [-0.2, -0.15) is 5.10 Å². The molecule has 0 aliphatic heterocycles. The fourth-order valence-corrected chi connectivity index (χ4v) is 1.43. The summed E-state index contributed by atoms with van der Waals surface area (Å²) in [5, 5.41) is 8.08. The number of imidazole rings is 1. The quantitative estimate of drug-likeness (QED) is 0.718. The molecule has 0 atom stereocenters. The van der Waals surface area contributed by atoms with Crippen LogP contribution in [0.2, 0.25) is 5.15 Å². The summed E-state index contributed by atoms with van der Waals surface area (Å²) in [6.07, 6.45) is 3.59. The summed E-state index contributed by atoms with van der Waals surface area (Å²) in [6.45, 7) is 1.87. The van der Waals surface area contributed by atoms with E-state index >= 15 is 0 Å². The number of rotatable bonds is 1. The van der Waals surface area contributed by atoms with E-state index in [1.807, 2.05) is 30.8 Å². The zero-order valence-corrected chi connectivity index (χ0v) is 8.65. The smallest absolute Gasteiger partial charge is 0.162 e.